The summed E-state index contributed by atoms with van der Waals surface area (Å²) in [5, 5.41) is 3.24. The van der Waals surface area contributed by atoms with E-state index in [4.69, 9.17) is 4.74 Å². The standard InChI is InChI=1S/C11H20N2O3/c1-4-9(11(15)16-3)12-8-5-6-10(14)13(2)7-8/h8-9,12H,4-7H2,1-3H3. The van der Waals surface area contributed by atoms with Crippen LogP contribution in [0.2, 0.25) is 0 Å². The van der Waals surface area contributed by atoms with Crippen molar-refractivity contribution in [3.63, 3.8) is 0 Å². The van der Waals surface area contributed by atoms with Gasteiger partial charge in [0.1, 0.15) is 6.04 Å². The summed E-state index contributed by atoms with van der Waals surface area (Å²) in [4.78, 5) is 24.4. The van der Waals surface area contributed by atoms with Crippen molar-refractivity contribution in [3.8, 4) is 0 Å². The molecule has 0 aromatic heterocycles. The van der Waals surface area contributed by atoms with Crippen LogP contribution in [0, 0.1) is 0 Å². The molecule has 2 unspecified atom stereocenters. The van der Waals surface area contributed by atoms with E-state index in [9.17, 15) is 9.59 Å². The molecule has 0 spiro atoms. The number of nitrogens with one attached hydrogen (secondary N) is 1. The fourth-order valence-corrected chi connectivity index (χ4v) is 1.93. The van der Waals surface area contributed by atoms with E-state index in [2.05, 4.69) is 5.32 Å². The van der Waals surface area contributed by atoms with Crippen LogP contribution in [0.5, 0.6) is 0 Å². The van der Waals surface area contributed by atoms with E-state index in [1.165, 1.54) is 7.11 Å². The molecule has 1 amide bonds. The molecule has 1 fully saturated rings. The van der Waals surface area contributed by atoms with Gasteiger partial charge in [-0.15, -0.1) is 0 Å². The van der Waals surface area contributed by atoms with Crippen LogP contribution in [0.1, 0.15) is 26.2 Å². The molecule has 0 aromatic carbocycles. The highest BCUT2D eigenvalue weighted by molar-refractivity contribution is 5.77. The molecule has 1 aliphatic rings. The molecule has 5 nitrogen and oxygen atoms in total. The predicted molar refractivity (Wildman–Crippen MR) is 59.9 cm³/mol. The highest BCUT2D eigenvalue weighted by atomic mass is 16.5. The first-order chi connectivity index (χ1) is 7.58. The Hall–Kier alpha value is -1.10. The quantitative estimate of drug-likeness (QED) is 0.696. The Morgan fingerprint density at radius 3 is 2.88 bits per heavy atom. The van der Waals surface area contributed by atoms with Gasteiger partial charge >= 0.3 is 5.97 Å². The van der Waals surface area contributed by atoms with Gasteiger partial charge in [0.05, 0.1) is 7.11 Å². The van der Waals surface area contributed by atoms with Crippen LogP contribution in [0.25, 0.3) is 0 Å². The third kappa shape index (κ3) is 3.20. The van der Waals surface area contributed by atoms with Crippen LogP contribution in [0.4, 0.5) is 0 Å². The van der Waals surface area contributed by atoms with Crippen LogP contribution >= 0.6 is 0 Å². The zero-order valence-electron chi connectivity index (χ0n) is 10.2. The Labute approximate surface area is 96.1 Å². The fourth-order valence-electron chi connectivity index (χ4n) is 1.93. The van der Waals surface area contributed by atoms with Gasteiger partial charge in [-0.2, -0.15) is 0 Å². The molecule has 16 heavy (non-hydrogen) atoms. The highest BCUT2D eigenvalue weighted by Crippen LogP contribution is 2.11. The largest absolute Gasteiger partial charge is 0.468 e. The molecule has 0 radical (unpaired) electrons. The van der Waals surface area contributed by atoms with Crippen molar-refractivity contribution in [2.75, 3.05) is 20.7 Å². The number of methoxy groups -OCH3 is 1. The van der Waals surface area contributed by atoms with Crippen LogP contribution in [-0.4, -0.2) is 49.6 Å². The van der Waals surface area contributed by atoms with Gasteiger partial charge in [-0.25, -0.2) is 0 Å². The zero-order chi connectivity index (χ0) is 12.1. The Morgan fingerprint density at radius 1 is 1.69 bits per heavy atom. The summed E-state index contributed by atoms with van der Waals surface area (Å²) in [6, 6.07) is -0.0802. The van der Waals surface area contributed by atoms with E-state index >= 15 is 0 Å². The molecule has 1 heterocycles. The highest BCUT2D eigenvalue weighted by Gasteiger charge is 2.26. The molecule has 0 aromatic rings. The first-order valence-electron chi connectivity index (χ1n) is 5.66. The molecule has 0 bridgehead atoms. The maximum Gasteiger partial charge on any atom is 0.322 e. The van der Waals surface area contributed by atoms with Crippen molar-refractivity contribution in [1.82, 2.24) is 10.2 Å². The van der Waals surface area contributed by atoms with E-state index in [1.807, 2.05) is 6.92 Å². The number of amides is 1. The lowest BCUT2D eigenvalue weighted by Gasteiger charge is -2.32. The number of nitrogens with zero attached hydrogens (tertiary/aromatic N) is 1. The number of likely N-dealkylation sites (tertiary alicyclic amines) is 1. The minimum atomic E-state index is -0.267. The second-order valence-corrected chi connectivity index (χ2v) is 4.16. The van der Waals surface area contributed by atoms with Gasteiger partial charge in [0.25, 0.3) is 0 Å². The van der Waals surface area contributed by atoms with Gasteiger partial charge in [-0.05, 0) is 12.8 Å². The SMILES string of the molecule is CCC(NC1CCC(=O)N(C)C1)C(=O)OC. The molecule has 1 aliphatic heterocycles. The van der Waals surface area contributed by atoms with Gasteiger partial charge in [-0.1, -0.05) is 6.92 Å². The number of carbonyl (C=O) groups is 2. The molecule has 1 saturated heterocycles. The van der Waals surface area contributed by atoms with Crippen molar-refractivity contribution in [2.24, 2.45) is 0 Å². The number of hydrogen-bond donors (Lipinski definition) is 1. The molecule has 2 atom stereocenters. The molecule has 0 aliphatic carbocycles. The molecule has 5 heteroatoms. The summed E-state index contributed by atoms with van der Waals surface area (Å²) in [5.74, 6) is -0.0637. The zero-order valence-corrected chi connectivity index (χ0v) is 10.2. The molecular formula is C11H20N2O3. The van der Waals surface area contributed by atoms with Crippen molar-refractivity contribution < 1.29 is 14.3 Å². The maximum atomic E-state index is 11.4. The van der Waals surface area contributed by atoms with E-state index in [1.54, 1.807) is 11.9 Å². The van der Waals surface area contributed by atoms with Gasteiger partial charge in [0, 0.05) is 26.1 Å². The normalized spacial score (nSPS) is 23.1. The predicted octanol–water partition coefficient (Wildman–Crippen LogP) is 0.148. The summed E-state index contributed by atoms with van der Waals surface area (Å²) in [6.07, 6.45) is 2.03. The Morgan fingerprint density at radius 2 is 2.38 bits per heavy atom. The minimum Gasteiger partial charge on any atom is -0.468 e. The fraction of sp³-hybridized carbons (Fsp3) is 0.818. The molecular weight excluding hydrogens is 208 g/mol. The maximum absolute atomic E-state index is 11.4. The minimum absolute atomic E-state index is 0.171. The summed E-state index contributed by atoms with van der Waals surface area (Å²) in [6.45, 7) is 2.60. The number of carbonyl (C=O) groups excluding carboxylic acids is 2. The lowest BCUT2D eigenvalue weighted by Crippen LogP contribution is -2.51. The topological polar surface area (TPSA) is 58.6 Å². The van der Waals surface area contributed by atoms with Crippen molar-refractivity contribution >= 4 is 11.9 Å². The van der Waals surface area contributed by atoms with Gasteiger partial charge in [0.2, 0.25) is 5.91 Å². The van der Waals surface area contributed by atoms with Crippen LogP contribution in [0.15, 0.2) is 0 Å². The number of rotatable bonds is 4. The van der Waals surface area contributed by atoms with Crippen molar-refractivity contribution in [2.45, 2.75) is 38.3 Å². The smallest absolute Gasteiger partial charge is 0.322 e. The number of piperidine rings is 1. The third-order valence-electron chi connectivity index (χ3n) is 2.96. The molecule has 1 N–H and O–H groups in total. The average Bonchev–Trinajstić information content (AvgIpc) is 2.29. The number of ether oxygens (including phenoxy) is 1. The van der Waals surface area contributed by atoms with Crippen LogP contribution < -0.4 is 5.32 Å². The number of hydrogen-bond acceptors (Lipinski definition) is 4. The van der Waals surface area contributed by atoms with Gasteiger partial charge in [-0.3, -0.25) is 14.9 Å². The first kappa shape index (κ1) is 13.0. The Balaban J connectivity index is 2.47. The monoisotopic (exact) mass is 228 g/mol. The second-order valence-electron chi connectivity index (χ2n) is 4.16. The van der Waals surface area contributed by atoms with Crippen molar-refractivity contribution in [1.29, 1.82) is 0 Å². The van der Waals surface area contributed by atoms with Gasteiger partial charge in [0.15, 0.2) is 0 Å². The number of esters is 1. The summed E-state index contributed by atoms with van der Waals surface area (Å²) >= 11 is 0. The Bertz CT molecular complexity index is 268. The lowest BCUT2D eigenvalue weighted by molar-refractivity contribution is -0.143. The van der Waals surface area contributed by atoms with Crippen molar-refractivity contribution in [3.05, 3.63) is 0 Å². The van der Waals surface area contributed by atoms with Crippen LogP contribution in [-0.2, 0) is 14.3 Å². The second kappa shape index (κ2) is 5.84. The summed E-state index contributed by atoms with van der Waals surface area (Å²) < 4.78 is 4.71. The van der Waals surface area contributed by atoms with Gasteiger partial charge < -0.3 is 9.64 Å². The van der Waals surface area contributed by atoms with E-state index in [0.717, 1.165) is 6.42 Å². The average molecular weight is 228 g/mol. The summed E-state index contributed by atoms with van der Waals surface area (Å²) in [7, 11) is 3.18. The molecule has 92 valence electrons. The van der Waals surface area contributed by atoms with E-state index in [-0.39, 0.29) is 24.0 Å². The van der Waals surface area contributed by atoms with E-state index < -0.39 is 0 Å². The molecule has 0 saturated carbocycles. The first-order valence-corrected chi connectivity index (χ1v) is 5.66. The molecule has 1 rings (SSSR count). The summed E-state index contributed by atoms with van der Waals surface area (Å²) in [5.41, 5.74) is 0. The van der Waals surface area contributed by atoms with E-state index in [0.29, 0.717) is 19.4 Å². The van der Waals surface area contributed by atoms with Crippen LogP contribution in [0.3, 0.4) is 0 Å². The third-order valence-corrected chi connectivity index (χ3v) is 2.96. The number of likely N-dealkylation sites (N-methyl/N-ethyl adjacent to an activating group) is 1. The lowest BCUT2D eigenvalue weighted by atomic mass is 10.0. The Kier molecular flexibility index (Phi) is 4.73.